The van der Waals surface area contributed by atoms with E-state index < -0.39 is 27.0 Å². The van der Waals surface area contributed by atoms with Crippen molar-refractivity contribution in [2.45, 2.75) is 24.7 Å². The summed E-state index contributed by atoms with van der Waals surface area (Å²) in [5.41, 5.74) is -0.837. The number of hydrogen-bond acceptors (Lipinski definition) is 4. The second kappa shape index (κ2) is 5.50. The van der Waals surface area contributed by atoms with Gasteiger partial charge < -0.3 is 4.84 Å². The molecule has 2 rings (SSSR count). The van der Waals surface area contributed by atoms with Crippen molar-refractivity contribution in [3.05, 3.63) is 34.6 Å². The molecule has 4 nitrogen and oxygen atoms in total. The Morgan fingerprint density at radius 3 is 2.80 bits per heavy atom. The van der Waals surface area contributed by atoms with E-state index in [0.29, 0.717) is 0 Å². The van der Waals surface area contributed by atoms with Crippen LogP contribution in [0.3, 0.4) is 0 Å². The highest BCUT2D eigenvalue weighted by Gasteiger charge is 2.39. The first-order valence-corrected chi connectivity index (χ1v) is 8.30. The Hall–Kier alpha value is -0.850. The number of halogens is 3. The number of hydrogen-bond donors (Lipinski definition) is 0. The number of oxime groups is 1. The van der Waals surface area contributed by atoms with Crippen LogP contribution in [0.4, 0.5) is 4.39 Å². The highest BCUT2D eigenvalue weighted by atomic mass is 35.5. The van der Waals surface area contributed by atoms with E-state index in [2.05, 4.69) is 5.16 Å². The van der Waals surface area contributed by atoms with Crippen molar-refractivity contribution in [1.82, 2.24) is 0 Å². The lowest BCUT2D eigenvalue weighted by atomic mass is 10.1. The molecule has 1 atom stereocenters. The summed E-state index contributed by atoms with van der Waals surface area (Å²) in [4.78, 5) is 5.04. The second-order valence-corrected chi connectivity index (χ2v) is 7.47. The van der Waals surface area contributed by atoms with E-state index >= 15 is 0 Å². The summed E-state index contributed by atoms with van der Waals surface area (Å²) >= 11 is 11.3. The van der Waals surface area contributed by atoms with E-state index in [1.54, 1.807) is 6.92 Å². The van der Waals surface area contributed by atoms with Crippen molar-refractivity contribution >= 4 is 38.1 Å². The molecule has 20 heavy (non-hydrogen) atoms. The van der Waals surface area contributed by atoms with E-state index in [0.717, 1.165) is 0 Å². The van der Waals surface area contributed by atoms with Gasteiger partial charge in [0.25, 0.3) is 0 Å². The van der Waals surface area contributed by atoms with Gasteiger partial charge in [0, 0.05) is 12.0 Å². The summed E-state index contributed by atoms with van der Waals surface area (Å²) in [7, 11) is -3.77. The Morgan fingerprint density at radius 1 is 1.50 bits per heavy atom. The smallest absolute Gasteiger partial charge is 0.199 e. The first-order chi connectivity index (χ1) is 9.27. The lowest BCUT2D eigenvalue weighted by Gasteiger charge is -2.16. The first kappa shape index (κ1) is 15.5. The molecule has 1 unspecified atom stereocenters. The molecular weight excluding hydrogens is 328 g/mol. The third-order valence-electron chi connectivity index (χ3n) is 2.91. The van der Waals surface area contributed by atoms with Crippen molar-refractivity contribution < 1.29 is 17.6 Å². The Labute approximate surface area is 126 Å². The van der Waals surface area contributed by atoms with Crippen molar-refractivity contribution in [1.29, 1.82) is 0 Å². The molecule has 0 saturated carbocycles. The minimum absolute atomic E-state index is 0.000300. The molecular formula is C12H12Cl2FNO3S. The van der Waals surface area contributed by atoms with Gasteiger partial charge in [-0.25, -0.2) is 12.8 Å². The van der Waals surface area contributed by atoms with Gasteiger partial charge in [-0.2, -0.15) is 0 Å². The van der Waals surface area contributed by atoms with Crippen LogP contribution in [-0.2, 0) is 20.4 Å². The molecule has 0 aromatic heterocycles. The molecule has 0 amide bonds. The first-order valence-electron chi connectivity index (χ1n) is 5.74. The predicted octanol–water partition coefficient (Wildman–Crippen LogP) is 3.13. The summed E-state index contributed by atoms with van der Waals surface area (Å²) in [5, 5.41) is 3.33. The maximum absolute atomic E-state index is 13.7. The number of sulfone groups is 1. The average molecular weight is 340 g/mol. The maximum Gasteiger partial charge on any atom is 0.199 e. The summed E-state index contributed by atoms with van der Waals surface area (Å²) in [6, 6.07) is 4.22. The normalized spacial score (nSPS) is 22.5. The molecule has 1 aromatic carbocycles. The lowest BCUT2D eigenvalue weighted by molar-refractivity contribution is 0.0152. The molecule has 110 valence electrons. The maximum atomic E-state index is 13.7. The van der Waals surface area contributed by atoms with Gasteiger partial charge in [-0.1, -0.05) is 28.9 Å². The molecule has 0 fully saturated rings. The Morgan fingerprint density at radius 2 is 2.20 bits per heavy atom. The van der Waals surface area contributed by atoms with Gasteiger partial charge in [-0.05, 0) is 13.0 Å². The topological polar surface area (TPSA) is 55.7 Å². The number of nitrogens with zero attached hydrogens (tertiary/aromatic N) is 1. The zero-order valence-corrected chi connectivity index (χ0v) is 12.9. The van der Waals surface area contributed by atoms with Crippen LogP contribution in [0.15, 0.2) is 23.4 Å². The third kappa shape index (κ3) is 3.07. The molecule has 0 saturated heterocycles. The van der Waals surface area contributed by atoms with E-state index in [1.807, 2.05) is 0 Å². The van der Waals surface area contributed by atoms with Crippen LogP contribution in [0, 0.1) is 5.82 Å². The van der Waals surface area contributed by atoms with Gasteiger partial charge in [-0.15, -0.1) is 11.6 Å². The van der Waals surface area contributed by atoms with Gasteiger partial charge in [-0.3, -0.25) is 0 Å². The largest absolute Gasteiger partial charge is 0.387 e. The van der Waals surface area contributed by atoms with Gasteiger partial charge in [0.1, 0.15) is 5.82 Å². The number of benzene rings is 1. The van der Waals surface area contributed by atoms with Crippen LogP contribution >= 0.6 is 23.2 Å². The Kier molecular flexibility index (Phi) is 4.27. The standard InChI is InChI=1S/C12H12Cl2FNO3S/c1-12(7-13)5-10(16-19-12)20(17,18)6-8-3-2-4-9(14)11(8)15/h2-4H,5-7H2,1H3. The van der Waals surface area contributed by atoms with Crippen molar-refractivity contribution in [2.24, 2.45) is 5.16 Å². The van der Waals surface area contributed by atoms with Gasteiger partial charge in [0.2, 0.25) is 0 Å². The van der Waals surface area contributed by atoms with E-state index in [9.17, 15) is 12.8 Å². The highest BCUT2D eigenvalue weighted by molar-refractivity contribution is 8.05. The molecule has 1 aliphatic rings. The molecule has 0 N–H and O–H groups in total. The Balaban J connectivity index is 2.23. The second-order valence-electron chi connectivity index (χ2n) is 4.81. The van der Waals surface area contributed by atoms with E-state index in [1.165, 1.54) is 18.2 Å². The van der Waals surface area contributed by atoms with Gasteiger partial charge in [0.15, 0.2) is 20.5 Å². The van der Waals surface area contributed by atoms with Gasteiger partial charge in [0.05, 0.1) is 16.7 Å². The van der Waals surface area contributed by atoms with Crippen LogP contribution < -0.4 is 0 Å². The molecule has 0 spiro atoms. The molecule has 0 aliphatic carbocycles. The zero-order valence-electron chi connectivity index (χ0n) is 10.6. The quantitative estimate of drug-likeness (QED) is 0.795. The summed E-state index contributed by atoms with van der Waals surface area (Å²) in [6.07, 6.45) is 0.0705. The number of alkyl halides is 1. The average Bonchev–Trinajstić information content (AvgIpc) is 2.79. The highest BCUT2D eigenvalue weighted by Crippen LogP contribution is 2.29. The Bertz CT molecular complexity index is 663. The number of rotatable bonds is 3. The van der Waals surface area contributed by atoms with Crippen molar-refractivity contribution in [2.75, 3.05) is 5.88 Å². The molecule has 8 heteroatoms. The third-order valence-corrected chi connectivity index (χ3v) is 5.40. The molecule has 1 aliphatic heterocycles. The monoisotopic (exact) mass is 339 g/mol. The fraction of sp³-hybridized carbons (Fsp3) is 0.417. The van der Waals surface area contributed by atoms with Crippen molar-refractivity contribution in [3.8, 4) is 0 Å². The van der Waals surface area contributed by atoms with Gasteiger partial charge >= 0.3 is 0 Å². The summed E-state index contributed by atoms with van der Waals surface area (Å²) < 4.78 is 38.2. The van der Waals surface area contributed by atoms with Crippen LogP contribution in [0.5, 0.6) is 0 Å². The van der Waals surface area contributed by atoms with Crippen LogP contribution in [-0.4, -0.2) is 24.9 Å². The fourth-order valence-electron chi connectivity index (χ4n) is 1.73. The summed E-state index contributed by atoms with van der Waals surface area (Å²) in [6.45, 7) is 1.66. The minimum Gasteiger partial charge on any atom is -0.387 e. The lowest BCUT2D eigenvalue weighted by Crippen LogP contribution is -2.28. The zero-order chi connectivity index (χ0) is 15.0. The molecule has 0 radical (unpaired) electrons. The minimum atomic E-state index is -3.77. The van der Waals surface area contributed by atoms with E-state index in [4.69, 9.17) is 28.0 Å². The van der Waals surface area contributed by atoms with Crippen LogP contribution in [0.1, 0.15) is 18.9 Å². The molecule has 1 heterocycles. The molecule has 1 aromatic rings. The molecule has 0 bridgehead atoms. The van der Waals surface area contributed by atoms with Crippen molar-refractivity contribution in [3.63, 3.8) is 0 Å². The van der Waals surface area contributed by atoms with Crippen LogP contribution in [0.2, 0.25) is 5.02 Å². The fourth-order valence-corrected chi connectivity index (χ4v) is 3.54. The SMILES string of the molecule is CC1(CCl)CC(S(=O)(=O)Cc2cccc(Cl)c2F)=NO1. The van der Waals surface area contributed by atoms with Crippen LogP contribution in [0.25, 0.3) is 0 Å². The predicted molar refractivity (Wildman–Crippen MR) is 76.3 cm³/mol. The van der Waals surface area contributed by atoms with E-state index in [-0.39, 0.29) is 27.9 Å². The summed E-state index contributed by atoms with van der Waals surface area (Å²) in [5.74, 6) is -1.14.